The fraction of sp³-hybridized carbons (Fsp3) is 0.333. The molecule has 144 valence electrons. The molecule has 0 heterocycles. The normalized spacial score (nSPS) is 10.1. The average molecular weight is 370 g/mol. The fourth-order valence-electron chi connectivity index (χ4n) is 2.40. The van der Waals surface area contributed by atoms with E-state index < -0.39 is 0 Å². The van der Waals surface area contributed by atoms with Crippen molar-refractivity contribution in [1.29, 1.82) is 0 Å². The lowest BCUT2D eigenvalue weighted by atomic mass is 10.2. The van der Waals surface area contributed by atoms with Crippen LogP contribution < -0.4 is 20.1 Å². The Labute approximate surface area is 159 Å². The third kappa shape index (κ3) is 6.33. The molecule has 0 unspecified atom stereocenters. The molecule has 6 heteroatoms. The van der Waals surface area contributed by atoms with Gasteiger partial charge in [0.25, 0.3) is 11.8 Å². The molecule has 2 aromatic carbocycles. The number of carbonyl (C=O) groups excluding carboxylic acids is 2. The molecule has 2 amide bonds. The van der Waals surface area contributed by atoms with E-state index in [2.05, 4.69) is 17.6 Å². The minimum atomic E-state index is -0.234. The van der Waals surface area contributed by atoms with E-state index in [9.17, 15) is 9.59 Å². The van der Waals surface area contributed by atoms with Gasteiger partial charge in [-0.05, 0) is 36.8 Å². The summed E-state index contributed by atoms with van der Waals surface area (Å²) < 4.78 is 11.0. The van der Waals surface area contributed by atoms with Crippen LogP contribution >= 0.6 is 0 Å². The molecule has 6 nitrogen and oxygen atoms in total. The molecule has 0 aliphatic carbocycles. The number of methoxy groups -OCH3 is 1. The van der Waals surface area contributed by atoms with Crippen molar-refractivity contribution in [2.24, 2.45) is 0 Å². The molecular formula is C21H26N2O4. The summed E-state index contributed by atoms with van der Waals surface area (Å²) in [4.78, 5) is 24.2. The van der Waals surface area contributed by atoms with Crippen molar-refractivity contribution in [3.63, 3.8) is 0 Å². The van der Waals surface area contributed by atoms with Crippen LogP contribution in [0.2, 0.25) is 0 Å². The van der Waals surface area contributed by atoms with Gasteiger partial charge in [0.15, 0.2) is 11.5 Å². The Bertz CT molecular complexity index is 747. The quantitative estimate of drug-likeness (QED) is 0.630. The molecule has 27 heavy (non-hydrogen) atoms. The van der Waals surface area contributed by atoms with Crippen molar-refractivity contribution in [1.82, 2.24) is 10.6 Å². The first-order chi connectivity index (χ1) is 13.2. The van der Waals surface area contributed by atoms with E-state index in [4.69, 9.17) is 9.47 Å². The summed E-state index contributed by atoms with van der Waals surface area (Å²) in [6.07, 6.45) is 2.00. The van der Waals surface area contributed by atoms with Gasteiger partial charge in [-0.2, -0.15) is 0 Å². The molecule has 0 aliphatic rings. The number of hydrogen-bond donors (Lipinski definition) is 2. The first-order valence-corrected chi connectivity index (χ1v) is 9.08. The summed E-state index contributed by atoms with van der Waals surface area (Å²) in [5.74, 6) is 0.747. The zero-order chi connectivity index (χ0) is 19.5. The van der Waals surface area contributed by atoms with Crippen LogP contribution in [0.25, 0.3) is 0 Å². The first-order valence-electron chi connectivity index (χ1n) is 9.08. The highest BCUT2D eigenvalue weighted by Gasteiger charge is 2.11. The Morgan fingerprint density at radius 1 is 0.889 bits per heavy atom. The van der Waals surface area contributed by atoms with Crippen molar-refractivity contribution in [2.45, 2.75) is 19.8 Å². The van der Waals surface area contributed by atoms with E-state index in [1.807, 2.05) is 6.07 Å². The Kier molecular flexibility index (Phi) is 8.16. The fourth-order valence-corrected chi connectivity index (χ4v) is 2.40. The Hall–Kier alpha value is -3.02. The number of ether oxygens (including phenoxy) is 2. The van der Waals surface area contributed by atoms with Gasteiger partial charge >= 0.3 is 0 Å². The molecule has 0 radical (unpaired) electrons. The van der Waals surface area contributed by atoms with E-state index in [1.54, 1.807) is 49.6 Å². The minimum absolute atomic E-state index is 0.167. The van der Waals surface area contributed by atoms with Gasteiger partial charge in [0.05, 0.1) is 13.7 Å². The van der Waals surface area contributed by atoms with Crippen molar-refractivity contribution in [3.8, 4) is 11.5 Å². The number of amides is 2. The largest absolute Gasteiger partial charge is 0.493 e. The Morgan fingerprint density at radius 3 is 2.19 bits per heavy atom. The molecule has 0 fully saturated rings. The summed E-state index contributed by atoms with van der Waals surface area (Å²) >= 11 is 0. The maximum absolute atomic E-state index is 12.3. The number of carbonyl (C=O) groups is 2. The van der Waals surface area contributed by atoms with Crippen molar-refractivity contribution in [3.05, 3.63) is 59.7 Å². The lowest BCUT2D eigenvalue weighted by Gasteiger charge is -2.12. The van der Waals surface area contributed by atoms with E-state index in [0.717, 1.165) is 12.8 Å². The molecule has 2 N–H and O–H groups in total. The molecule has 0 aromatic heterocycles. The molecule has 0 atom stereocenters. The van der Waals surface area contributed by atoms with Gasteiger partial charge in [-0.25, -0.2) is 0 Å². The SMILES string of the molecule is CCCCOc1ccc(C(=O)NCCNC(=O)c2ccccc2)cc1OC. The van der Waals surface area contributed by atoms with Crippen LogP contribution in [0.5, 0.6) is 11.5 Å². The molecule has 0 bridgehead atoms. The molecule has 0 aliphatic heterocycles. The number of hydrogen-bond acceptors (Lipinski definition) is 4. The molecular weight excluding hydrogens is 344 g/mol. The maximum Gasteiger partial charge on any atom is 0.251 e. The third-order valence-electron chi connectivity index (χ3n) is 3.91. The molecule has 2 rings (SSSR count). The number of unbranched alkanes of at least 4 members (excludes halogenated alkanes) is 1. The van der Waals surface area contributed by atoms with Crippen LogP contribution in [0.1, 0.15) is 40.5 Å². The van der Waals surface area contributed by atoms with Gasteiger partial charge in [0.2, 0.25) is 0 Å². The lowest BCUT2D eigenvalue weighted by Crippen LogP contribution is -2.34. The van der Waals surface area contributed by atoms with E-state index >= 15 is 0 Å². The molecule has 0 saturated carbocycles. The van der Waals surface area contributed by atoms with Crippen LogP contribution in [-0.2, 0) is 0 Å². The van der Waals surface area contributed by atoms with Crippen LogP contribution in [0.3, 0.4) is 0 Å². The average Bonchev–Trinajstić information content (AvgIpc) is 2.71. The van der Waals surface area contributed by atoms with Crippen LogP contribution in [-0.4, -0.2) is 38.6 Å². The van der Waals surface area contributed by atoms with Crippen LogP contribution in [0.15, 0.2) is 48.5 Å². The van der Waals surface area contributed by atoms with Crippen LogP contribution in [0.4, 0.5) is 0 Å². The smallest absolute Gasteiger partial charge is 0.251 e. The summed E-state index contributed by atoms with van der Waals surface area (Å²) in [6, 6.07) is 14.0. The van der Waals surface area contributed by atoms with Crippen molar-refractivity contribution >= 4 is 11.8 Å². The van der Waals surface area contributed by atoms with Gasteiger partial charge in [-0.1, -0.05) is 31.5 Å². The Morgan fingerprint density at radius 2 is 1.56 bits per heavy atom. The standard InChI is InChI=1S/C21H26N2O4/c1-3-4-14-27-18-11-10-17(15-19(18)26-2)21(25)23-13-12-22-20(24)16-8-6-5-7-9-16/h5-11,15H,3-4,12-14H2,1-2H3,(H,22,24)(H,23,25). The number of nitrogens with one attached hydrogen (secondary N) is 2. The topological polar surface area (TPSA) is 76.7 Å². The van der Waals surface area contributed by atoms with Gasteiger partial charge < -0.3 is 20.1 Å². The summed E-state index contributed by atoms with van der Waals surface area (Å²) in [6.45, 7) is 3.37. The minimum Gasteiger partial charge on any atom is -0.493 e. The van der Waals surface area contributed by atoms with Gasteiger partial charge in [0.1, 0.15) is 0 Å². The predicted octanol–water partition coefficient (Wildman–Crippen LogP) is 3.03. The van der Waals surface area contributed by atoms with E-state index in [0.29, 0.717) is 42.3 Å². The van der Waals surface area contributed by atoms with Crippen LogP contribution in [0, 0.1) is 0 Å². The van der Waals surface area contributed by atoms with Crippen molar-refractivity contribution < 1.29 is 19.1 Å². The highest BCUT2D eigenvalue weighted by atomic mass is 16.5. The van der Waals surface area contributed by atoms with Gasteiger partial charge in [-0.3, -0.25) is 9.59 Å². The van der Waals surface area contributed by atoms with E-state index in [1.165, 1.54) is 0 Å². The highest BCUT2D eigenvalue weighted by molar-refractivity contribution is 5.95. The summed E-state index contributed by atoms with van der Waals surface area (Å²) in [7, 11) is 1.54. The van der Waals surface area contributed by atoms with Gasteiger partial charge in [0, 0.05) is 24.2 Å². The zero-order valence-corrected chi connectivity index (χ0v) is 15.8. The molecule has 0 saturated heterocycles. The van der Waals surface area contributed by atoms with Gasteiger partial charge in [-0.15, -0.1) is 0 Å². The molecule has 0 spiro atoms. The van der Waals surface area contributed by atoms with Crippen molar-refractivity contribution in [2.75, 3.05) is 26.8 Å². The lowest BCUT2D eigenvalue weighted by molar-refractivity contribution is 0.0927. The second-order valence-corrected chi connectivity index (χ2v) is 5.95. The molecule has 2 aromatic rings. The second-order valence-electron chi connectivity index (χ2n) is 5.95. The monoisotopic (exact) mass is 370 g/mol. The summed E-state index contributed by atoms with van der Waals surface area (Å²) in [5.41, 5.74) is 1.07. The Balaban J connectivity index is 1.82. The first kappa shape index (κ1) is 20.3. The number of benzene rings is 2. The predicted molar refractivity (Wildman–Crippen MR) is 105 cm³/mol. The third-order valence-corrected chi connectivity index (χ3v) is 3.91. The second kappa shape index (κ2) is 10.9. The highest BCUT2D eigenvalue weighted by Crippen LogP contribution is 2.28. The number of rotatable bonds is 10. The zero-order valence-electron chi connectivity index (χ0n) is 15.8. The summed E-state index contributed by atoms with van der Waals surface area (Å²) in [5, 5.41) is 5.55. The van der Waals surface area contributed by atoms with E-state index in [-0.39, 0.29) is 11.8 Å². The maximum atomic E-state index is 12.3.